The summed E-state index contributed by atoms with van der Waals surface area (Å²) in [5, 5.41) is 0. The molecule has 11 heavy (non-hydrogen) atoms. The van der Waals surface area contributed by atoms with Crippen LogP contribution in [0.2, 0.25) is 0 Å². The summed E-state index contributed by atoms with van der Waals surface area (Å²) < 4.78 is 0. The van der Waals surface area contributed by atoms with E-state index in [1.807, 2.05) is 30.3 Å². The van der Waals surface area contributed by atoms with Crippen LogP contribution < -0.4 is 5.73 Å². The van der Waals surface area contributed by atoms with E-state index in [2.05, 4.69) is 6.58 Å². The first-order valence-electron chi connectivity index (χ1n) is 3.29. The summed E-state index contributed by atoms with van der Waals surface area (Å²) in [7, 11) is 0. The molecule has 0 unspecified atom stereocenters. The number of allylic oxidation sites excluding steroid dienone is 1. The van der Waals surface area contributed by atoms with Gasteiger partial charge < -0.3 is 5.73 Å². The van der Waals surface area contributed by atoms with Crippen LogP contribution in [0, 0.1) is 0 Å². The molecular weight excluding hydrogens is 249 g/mol. The molecule has 0 spiro atoms. The quantitative estimate of drug-likeness (QED) is 0.494. The minimum absolute atomic E-state index is 0. The van der Waals surface area contributed by atoms with E-state index >= 15 is 0 Å². The fourth-order valence-electron chi connectivity index (χ4n) is 0.876. The molecule has 1 nitrogen and oxygen atoms in total. The van der Waals surface area contributed by atoms with E-state index in [-0.39, 0.29) is 24.0 Å². The van der Waals surface area contributed by atoms with Crippen molar-refractivity contribution in [3.05, 3.63) is 42.5 Å². The largest absolute Gasteiger partial charge is 0.398 e. The number of benzene rings is 1. The van der Waals surface area contributed by atoms with E-state index in [1.165, 1.54) is 0 Å². The van der Waals surface area contributed by atoms with Gasteiger partial charge >= 0.3 is 0 Å². The molecule has 2 heteroatoms. The van der Waals surface area contributed by atoms with Gasteiger partial charge in [-0.2, -0.15) is 0 Å². The number of nitrogens with two attached hydrogens (primary N) is 1. The lowest BCUT2D eigenvalue weighted by atomic mass is 10.1. The second-order valence-corrected chi connectivity index (χ2v) is 2.19. The first-order valence-corrected chi connectivity index (χ1v) is 3.29. The zero-order chi connectivity index (χ0) is 7.40. The average Bonchev–Trinajstić information content (AvgIpc) is 1.94. The molecule has 0 saturated carbocycles. The molecule has 0 heterocycles. The zero-order valence-electron chi connectivity index (χ0n) is 6.29. The van der Waals surface area contributed by atoms with Crippen LogP contribution in [0.3, 0.4) is 0 Å². The molecule has 0 bridgehead atoms. The lowest BCUT2D eigenvalue weighted by Crippen LogP contribution is -1.90. The summed E-state index contributed by atoms with van der Waals surface area (Å²) in [4.78, 5) is 0. The molecule has 1 aromatic carbocycles. The molecule has 0 radical (unpaired) electrons. The van der Waals surface area contributed by atoms with Crippen molar-refractivity contribution in [2.75, 3.05) is 5.73 Å². The van der Waals surface area contributed by atoms with E-state index in [1.54, 1.807) is 0 Å². The molecule has 1 aromatic rings. The fourth-order valence-corrected chi connectivity index (χ4v) is 0.876. The summed E-state index contributed by atoms with van der Waals surface area (Å²) in [6.07, 6.45) is 2.71. The molecular formula is C9H12IN. The van der Waals surface area contributed by atoms with Crippen LogP contribution in [0.1, 0.15) is 5.56 Å². The van der Waals surface area contributed by atoms with Crippen molar-refractivity contribution >= 4 is 29.7 Å². The maximum absolute atomic E-state index is 5.66. The van der Waals surface area contributed by atoms with Crippen LogP contribution in [-0.4, -0.2) is 0 Å². The molecule has 0 saturated heterocycles. The monoisotopic (exact) mass is 261 g/mol. The third-order valence-corrected chi connectivity index (χ3v) is 1.42. The molecule has 0 atom stereocenters. The molecule has 0 aliphatic heterocycles. The molecule has 0 aliphatic rings. The molecule has 0 aliphatic carbocycles. The highest BCUT2D eigenvalue weighted by Crippen LogP contribution is 2.10. The van der Waals surface area contributed by atoms with Crippen LogP contribution in [0.5, 0.6) is 0 Å². The van der Waals surface area contributed by atoms with E-state index in [4.69, 9.17) is 5.73 Å². The normalized spacial score (nSPS) is 8.36. The maximum atomic E-state index is 5.66. The van der Waals surface area contributed by atoms with Gasteiger partial charge in [0.05, 0.1) is 0 Å². The Hall–Kier alpha value is -0.510. The number of hydrogen-bond acceptors (Lipinski definition) is 1. The predicted molar refractivity (Wildman–Crippen MR) is 60.2 cm³/mol. The van der Waals surface area contributed by atoms with Crippen LogP contribution in [-0.2, 0) is 6.42 Å². The standard InChI is InChI=1S/C9H11N.HI/c1-2-5-8-6-3-4-7-9(8)10;/h2-4,6-7H,1,5,10H2;1H. The minimum atomic E-state index is 0. The Kier molecular flexibility index (Phi) is 4.94. The van der Waals surface area contributed by atoms with Crippen molar-refractivity contribution in [2.24, 2.45) is 0 Å². The summed E-state index contributed by atoms with van der Waals surface area (Å²) in [6.45, 7) is 3.64. The summed E-state index contributed by atoms with van der Waals surface area (Å²) in [6, 6.07) is 7.83. The first kappa shape index (κ1) is 10.5. The number of para-hydroxylation sites is 1. The van der Waals surface area contributed by atoms with E-state index in [9.17, 15) is 0 Å². The van der Waals surface area contributed by atoms with E-state index in [0.717, 1.165) is 17.7 Å². The Balaban J connectivity index is 0.000001000. The minimum Gasteiger partial charge on any atom is -0.398 e. The highest BCUT2D eigenvalue weighted by Gasteiger charge is 1.91. The van der Waals surface area contributed by atoms with Gasteiger partial charge in [0.1, 0.15) is 0 Å². The summed E-state index contributed by atoms with van der Waals surface area (Å²) >= 11 is 0. The van der Waals surface area contributed by atoms with Crippen molar-refractivity contribution in [3.8, 4) is 0 Å². The smallest absolute Gasteiger partial charge is 0.0349 e. The summed E-state index contributed by atoms with van der Waals surface area (Å²) in [5.74, 6) is 0. The zero-order valence-corrected chi connectivity index (χ0v) is 8.62. The Morgan fingerprint density at radius 2 is 2.00 bits per heavy atom. The SMILES string of the molecule is C=CCc1ccccc1N.I. The molecule has 1 rings (SSSR count). The second-order valence-electron chi connectivity index (χ2n) is 2.19. The van der Waals surface area contributed by atoms with Crippen LogP contribution in [0.4, 0.5) is 5.69 Å². The van der Waals surface area contributed by atoms with Gasteiger partial charge in [-0.1, -0.05) is 24.3 Å². The maximum Gasteiger partial charge on any atom is 0.0349 e. The lowest BCUT2D eigenvalue weighted by Gasteiger charge is -1.99. The molecule has 0 aromatic heterocycles. The Morgan fingerprint density at radius 3 is 2.55 bits per heavy atom. The summed E-state index contributed by atoms with van der Waals surface area (Å²) in [5.41, 5.74) is 7.66. The Morgan fingerprint density at radius 1 is 1.36 bits per heavy atom. The van der Waals surface area contributed by atoms with Gasteiger partial charge in [-0.15, -0.1) is 30.6 Å². The number of rotatable bonds is 2. The molecule has 0 fully saturated rings. The molecule has 60 valence electrons. The van der Waals surface area contributed by atoms with Gasteiger partial charge in [0.2, 0.25) is 0 Å². The highest BCUT2D eigenvalue weighted by molar-refractivity contribution is 14.0. The topological polar surface area (TPSA) is 26.0 Å². The Bertz CT molecular complexity index is 233. The third-order valence-electron chi connectivity index (χ3n) is 1.42. The van der Waals surface area contributed by atoms with Gasteiger partial charge in [0.15, 0.2) is 0 Å². The number of nitrogen functional groups attached to an aromatic ring is 1. The van der Waals surface area contributed by atoms with E-state index < -0.39 is 0 Å². The van der Waals surface area contributed by atoms with Gasteiger partial charge in [0, 0.05) is 5.69 Å². The van der Waals surface area contributed by atoms with Crippen molar-refractivity contribution in [2.45, 2.75) is 6.42 Å². The number of halogens is 1. The first-order chi connectivity index (χ1) is 4.84. The predicted octanol–water partition coefficient (Wildman–Crippen LogP) is 2.62. The van der Waals surface area contributed by atoms with Gasteiger partial charge in [-0.3, -0.25) is 0 Å². The molecule has 2 N–H and O–H groups in total. The Labute approximate surface area is 84.3 Å². The van der Waals surface area contributed by atoms with Gasteiger partial charge in [-0.25, -0.2) is 0 Å². The van der Waals surface area contributed by atoms with Crippen molar-refractivity contribution in [3.63, 3.8) is 0 Å². The van der Waals surface area contributed by atoms with E-state index in [0.29, 0.717) is 0 Å². The number of hydrogen-bond donors (Lipinski definition) is 1. The van der Waals surface area contributed by atoms with Crippen LogP contribution in [0.15, 0.2) is 36.9 Å². The fraction of sp³-hybridized carbons (Fsp3) is 0.111. The van der Waals surface area contributed by atoms with Crippen molar-refractivity contribution < 1.29 is 0 Å². The van der Waals surface area contributed by atoms with Gasteiger partial charge in [0.25, 0.3) is 0 Å². The van der Waals surface area contributed by atoms with Crippen molar-refractivity contribution in [1.82, 2.24) is 0 Å². The average molecular weight is 261 g/mol. The third kappa shape index (κ3) is 2.93. The van der Waals surface area contributed by atoms with Crippen LogP contribution >= 0.6 is 24.0 Å². The van der Waals surface area contributed by atoms with Crippen molar-refractivity contribution in [1.29, 1.82) is 0 Å². The molecule has 0 amide bonds. The number of anilines is 1. The van der Waals surface area contributed by atoms with Gasteiger partial charge in [-0.05, 0) is 18.1 Å². The highest BCUT2D eigenvalue weighted by atomic mass is 127. The lowest BCUT2D eigenvalue weighted by molar-refractivity contribution is 1.28. The second kappa shape index (κ2) is 5.18. The van der Waals surface area contributed by atoms with Crippen LogP contribution in [0.25, 0.3) is 0 Å².